The van der Waals surface area contributed by atoms with E-state index in [0.29, 0.717) is 0 Å². The van der Waals surface area contributed by atoms with Crippen LogP contribution in [0.2, 0.25) is 0 Å². The van der Waals surface area contributed by atoms with Gasteiger partial charge in [-0.25, -0.2) is 0 Å². The molecule has 0 N–H and O–H groups in total. The molecule has 272 valence electrons. The summed E-state index contributed by atoms with van der Waals surface area (Å²) in [7, 11) is 0. The summed E-state index contributed by atoms with van der Waals surface area (Å²) in [5.74, 6) is 0. The van der Waals surface area contributed by atoms with Crippen molar-refractivity contribution in [2.75, 3.05) is 9.80 Å². The topological polar surface area (TPSA) is 11.4 Å². The van der Waals surface area contributed by atoms with E-state index in [1.54, 1.807) is 0 Å². The molecule has 9 aromatic carbocycles. The molecule has 0 radical (unpaired) electrons. The number of hydrogen-bond acceptors (Lipinski definition) is 3. The van der Waals surface area contributed by atoms with Gasteiger partial charge in [-0.2, -0.15) is 0 Å². The molecule has 1 aliphatic heterocycles. The Morgan fingerprint density at radius 2 is 0.776 bits per heavy atom. The van der Waals surface area contributed by atoms with Crippen molar-refractivity contribution in [3.8, 4) is 27.9 Å². The molecule has 0 saturated heterocycles. The number of fused-ring (bicyclic) bond motifs is 16. The molecule has 3 heterocycles. The van der Waals surface area contributed by atoms with Crippen molar-refractivity contribution in [1.82, 2.24) is 4.57 Å². The zero-order valence-electron chi connectivity index (χ0n) is 31.5. The van der Waals surface area contributed by atoms with Gasteiger partial charge in [-0.3, -0.25) is 0 Å². The summed E-state index contributed by atoms with van der Waals surface area (Å²) in [5, 5.41) is 5.06. The van der Waals surface area contributed by atoms with Crippen LogP contribution in [0.25, 0.3) is 69.9 Å². The van der Waals surface area contributed by atoms with Crippen LogP contribution in [0.4, 0.5) is 34.1 Å². The molecule has 4 heteroatoms. The first-order valence-electron chi connectivity index (χ1n) is 19.8. The van der Waals surface area contributed by atoms with Gasteiger partial charge in [0.25, 0.3) is 0 Å². The molecule has 0 spiro atoms. The molecule has 0 unspecified atom stereocenters. The normalized spacial score (nSPS) is 12.4. The van der Waals surface area contributed by atoms with E-state index in [1.807, 2.05) is 11.3 Å². The van der Waals surface area contributed by atoms with Crippen LogP contribution in [0.1, 0.15) is 0 Å². The second-order valence-electron chi connectivity index (χ2n) is 15.0. The van der Waals surface area contributed by atoms with E-state index in [1.165, 1.54) is 42.0 Å². The predicted molar refractivity (Wildman–Crippen MR) is 247 cm³/mol. The monoisotopic (exact) mass is 757 g/mol. The van der Waals surface area contributed by atoms with Crippen molar-refractivity contribution < 1.29 is 0 Å². The van der Waals surface area contributed by atoms with Crippen LogP contribution >= 0.6 is 11.3 Å². The highest BCUT2D eigenvalue weighted by molar-refractivity contribution is 7.25. The summed E-state index contributed by atoms with van der Waals surface area (Å²) in [4.78, 5) is 4.85. The number of thiophene rings is 1. The summed E-state index contributed by atoms with van der Waals surface area (Å²) in [6.45, 7) is 0. The SMILES string of the molecule is c1ccc(-n2c3ccccc3c3cccc(N4c5cccc(c5)-c5cccc(c5)N(c5ccc6c(c5)sc5ccccc56)c5cccc(c5)-c5cccc4c5)c32)cc1. The lowest BCUT2D eigenvalue weighted by Crippen LogP contribution is -2.12. The van der Waals surface area contributed by atoms with E-state index in [0.717, 1.165) is 62.1 Å². The van der Waals surface area contributed by atoms with Crippen molar-refractivity contribution >= 4 is 87.4 Å². The fraction of sp³-hybridized carbons (Fsp3) is 0. The van der Waals surface area contributed by atoms with Crippen molar-refractivity contribution in [1.29, 1.82) is 0 Å². The minimum absolute atomic E-state index is 1.09. The summed E-state index contributed by atoms with van der Waals surface area (Å²) < 4.78 is 5.02. The first-order valence-corrected chi connectivity index (χ1v) is 20.6. The van der Waals surface area contributed by atoms with Gasteiger partial charge >= 0.3 is 0 Å². The lowest BCUT2D eigenvalue weighted by molar-refractivity contribution is 1.17. The molecule has 2 aromatic heterocycles. The molecule has 1 aliphatic rings. The quantitative estimate of drug-likeness (QED) is 0.178. The highest BCUT2D eigenvalue weighted by Gasteiger charge is 2.23. The molecular weight excluding hydrogens is 723 g/mol. The standard InChI is InChI=1S/C54H35N3S/c1-2-17-40(18-3-1)57-50-26-6-4-23-46(50)49-25-12-27-51(54(49)57)56-43-21-10-15-38(33-43)36-13-8-19-41(31-36)55(42-20-9-14-37(32-42)39-16-11-22-44(56)34-39)45-29-30-48-47-24-5-7-28-52(47)58-53(48)35-45/h1-35H. The Kier molecular flexibility index (Phi) is 7.40. The molecular formula is C54H35N3S. The molecule has 0 saturated carbocycles. The number of benzene rings is 9. The second kappa shape index (κ2) is 13.1. The van der Waals surface area contributed by atoms with Gasteiger partial charge in [-0.05, 0) is 113 Å². The molecule has 0 fully saturated rings. The zero-order valence-corrected chi connectivity index (χ0v) is 32.3. The summed E-state index contributed by atoms with van der Waals surface area (Å²) in [6.07, 6.45) is 0. The number of para-hydroxylation sites is 3. The first kappa shape index (κ1) is 32.8. The van der Waals surface area contributed by atoms with Gasteiger partial charge in [-0.15, -0.1) is 11.3 Å². The van der Waals surface area contributed by atoms with Gasteiger partial charge < -0.3 is 14.4 Å². The lowest BCUT2D eigenvalue weighted by atomic mass is 10.00. The molecule has 0 aliphatic carbocycles. The van der Waals surface area contributed by atoms with E-state index in [-0.39, 0.29) is 0 Å². The van der Waals surface area contributed by atoms with Crippen molar-refractivity contribution in [3.63, 3.8) is 0 Å². The van der Waals surface area contributed by atoms with Gasteiger partial charge in [0.15, 0.2) is 0 Å². The number of nitrogens with zero attached hydrogens (tertiary/aromatic N) is 3. The van der Waals surface area contributed by atoms with Gasteiger partial charge in [-0.1, -0.05) is 121 Å². The average Bonchev–Trinajstić information content (AvgIpc) is 3.83. The third-order valence-corrected chi connectivity index (χ3v) is 12.8. The maximum Gasteiger partial charge on any atom is 0.0782 e. The van der Waals surface area contributed by atoms with Crippen LogP contribution in [-0.4, -0.2) is 4.57 Å². The van der Waals surface area contributed by atoms with Crippen LogP contribution in [0.3, 0.4) is 0 Å². The molecule has 8 bridgehead atoms. The summed E-state index contributed by atoms with van der Waals surface area (Å²) in [5.41, 5.74) is 14.8. The Labute approximate surface area is 340 Å². The molecule has 58 heavy (non-hydrogen) atoms. The minimum atomic E-state index is 1.09. The Bertz CT molecular complexity index is 3280. The maximum atomic E-state index is 2.44. The second-order valence-corrected chi connectivity index (χ2v) is 16.1. The zero-order chi connectivity index (χ0) is 38.2. The number of hydrogen-bond donors (Lipinski definition) is 0. The summed E-state index contributed by atoms with van der Waals surface area (Å²) in [6, 6.07) is 77.9. The largest absolute Gasteiger partial charge is 0.310 e. The minimum Gasteiger partial charge on any atom is -0.310 e. The van der Waals surface area contributed by atoms with E-state index >= 15 is 0 Å². The van der Waals surface area contributed by atoms with Gasteiger partial charge in [0.2, 0.25) is 0 Å². The van der Waals surface area contributed by atoms with Gasteiger partial charge in [0, 0.05) is 65.1 Å². The van der Waals surface area contributed by atoms with E-state index in [4.69, 9.17) is 0 Å². The Morgan fingerprint density at radius 1 is 0.293 bits per heavy atom. The van der Waals surface area contributed by atoms with E-state index < -0.39 is 0 Å². The molecule has 3 nitrogen and oxygen atoms in total. The molecule has 0 amide bonds. The lowest BCUT2D eigenvalue weighted by Gasteiger charge is -2.29. The molecule has 12 rings (SSSR count). The highest BCUT2D eigenvalue weighted by Crippen LogP contribution is 2.47. The highest BCUT2D eigenvalue weighted by atomic mass is 32.1. The Hall–Kier alpha value is -7.40. The third kappa shape index (κ3) is 5.19. The number of rotatable bonds is 3. The smallest absolute Gasteiger partial charge is 0.0782 e. The third-order valence-electron chi connectivity index (χ3n) is 11.6. The van der Waals surface area contributed by atoms with E-state index in [9.17, 15) is 0 Å². The maximum absolute atomic E-state index is 2.44. The van der Waals surface area contributed by atoms with Crippen LogP contribution in [0.15, 0.2) is 212 Å². The number of aromatic nitrogens is 1. The first-order chi connectivity index (χ1) is 28.7. The van der Waals surface area contributed by atoms with Crippen LogP contribution in [0, 0.1) is 0 Å². The average molecular weight is 758 g/mol. The van der Waals surface area contributed by atoms with Crippen molar-refractivity contribution in [3.05, 3.63) is 212 Å². The van der Waals surface area contributed by atoms with Gasteiger partial charge in [0.05, 0.1) is 16.7 Å². The van der Waals surface area contributed by atoms with Crippen LogP contribution < -0.4 is 9.80 Å². The van der Waals surface area contributed by atoms with Crippen molar-refractivity contribution in [2.45, 2.75) is 0 Å². The fourth-order valence-electron chi connectivity index (χ4n) is 9.05. The van der Waals surface area contributed by atoms with E-state index in [2.05, 4.69) is 227 Å². The Balaban J connectivity index is 1.11. The Morgan fingerprint density at radius 3 is 1.43 bits per heavy atom. The van der Waals surface area contributed by atoms with Gasteiger partial charge in [0.1, 0.15) is 0 Å². The molecule has 11 aromatic rings. The molecule has 0 atom stereocenters. The number of anilines is 6. The fourth-order valence-corrected chi connectivity index (χ4v) is 10.2. The summed E-state index contributed by atoms with van der Waals surface area (Å²) >= 11 is 1.86. The van der Waals surface area contributed by atoms with Crippen molar-refractivity contribution in [2.24, 2.45) is 0 Å². The van der Waals surface area contributed by atoms with Crippen LogP contribution in [-0.2, 0) is 0 Å². The predicted octanol–water partition coefficient (Wildman–Crippen LogP) is 15.7. The van der Waals surface area contributed by atoms with Crippen LogP contribution in [0.5, 0.6) is 0 Å².